The molecular formula is C48H95NO10. The molecule has 1 saturated heterocycles. The Hall–Kier alpha value is -0.890. The van der Waals surface area contributed by atoms with Crippen LogP contribution in [0.2, 0.25) is 0 Å². The minimum atomic E-state index is -1.64. The minimum absolute atomic E-state index is 0.0313. The van der Waals surface area contributed by atoms with E-state index >= 15 is 0 Å². The molecule has 59 heavy (non-hydrogen) atoms. The summed E-state index contributed by atoms with van der Waals surface area (Å²) >= 11 is 0. The predicted octanol–water partition coefficient (Wildman–Crippen LogP) is 8.67. The van der Waals surface area contributed by atoms with Gasteiger partial charge in [0, 0.05) is 6.42 Å². The van der Waals surface area contributed by atoms with Gasteiger partial charge in [-0.3, -0.25) is 4.79 Å². The molecule has 0 saturated carbocycles. The van der Waals surface area contributed by atoms with E-state index < -0.39 is 67.6 Å². The topological polar surface area (TPSA) is 189 Å². The van der Waals surface area contributed by atoms with Gasteiger partial charge >= 0.3 is 0 Å². The van der Waals surface area contributed by atoms with E-state index in [-0.39, 0.29) is 19.4 Å². The fourth-order valence-corrected chi connectivity index (χ4v) is 8.26. The molecule has 0 radical (unpaired) electrons. The summed E-state index contributed by atoms with van der Waals surface area (Å²) in [6.07, 6.45) is 28.5. The van der Waals surface area contributed by atoms with E-state index in [1.807, 2.05) is 0 Å². The Morgan fingerprint density at radius 1 is 0.542 bits per heavy atom. The van der Waals surface area contributed by atoms with E-state index in [1.165, 1.54) is 154 Å². The average Bonchev–Trinajstić information content (AvgIpc) is 3.23. The average molecular weight is 846 g/mol. The highest BCUT2D eigenvalue weighted by Gasteiger charge is 2.44. The van der Waals surface area contributed by atoms with Crippen molar-refractivity contribution >= 4 is 5.91 Å². The van der Waals surface area contributed by atoms with Crippen LogP contribution in [0.15, 0.2) is 0 Å². The van der Waals surface area contributed by atoms with Crippen LogP contribution in [-0.2, 0) is 14.3 Å². The number of hydrogen-bond donors (Lipinski definition) is 8. The molecule has 1 heterocycles. The minimum Gasteiger partial charge on any atom is -0.394 e. The first kappa shape index (κ1) is 56.1. The van der Waals surface area contributed by atoms with E-state index in [2.05, 4.69) is 19.2 Å². The van der Waals surface area contributed by atoms with Gasteiger partial charge in [-0.2, -0.15) is 0 Å². The van der Waals surface area contributed by atoms with Gasteiger partial charge in [0.05, 0.1) is 31.5 Å². The van der Waals surface area contributed by atoms with Crippen molar-refractivity contribution in [3.8, 4) is 0 Å². The number of hydrogen-bond acceptors (Lipinski definition) is 10. The fourth-order valence-electron chi connectivity index (χ4n) is 8.26. The molecule has 11 nitrogen and oxygen atoms in total. The lowest BCUT2D eigenvalue weighted by Gasteiger charge is -2.40. The third-order valence-corrected chi connectivity index (χ3v) is 12.4. The van der Waals surface area contributed by atoms with Crippen LogP contribution in [0.1, 0.15) is 232 Å². The van der Waals surface area contributed by atoms with Crippen molar-refractivity contribution in [1.82, 2.24) is 5.32 Å². The summed E-state index contributed by atoms with van der Waals surface area (Å²) in [4.78, 5) is 13.1. The molecule has 1 rings (SSSR count). The van der Waals surface area contributed by atoms with Crippen LogP contribution in [0.3, 0.4) is 0 Å². The molecule has 1 aliphatic rings. The van der Waals surface area contributed by atoms with Crippen LogP contribution >= 0.6 is 0 Å². The second kappa shape index (κ2) is 38.8. The molecule has 1 amide bonds. The van der Waals surface area contributed by atoms with E-state index in [0.29, 0.717) is 12.8 Å². The molecule has 0 aromatic heterocycles. The van der Waals surface area contributed by atoms with Gasteiger partial charge in [-0.1, -0.05) is 213 Å². The standard InChI is InChI=1S/C48H95NO10/c1-3-5-7-9-11-13-15-17-18-19-20-21-22-23-25-27-29-31-33-35-41(52)47(57)49-40(38-58-48-46(56)45(55)44(54)43(37-50)59-48)42(53)36-39(51)34-32-30-28-26-24-16-14-12-10-8-6-4-2/h39-46,48,50-56H,3-38H2,1-2H3,(H,49,57). The van der Waals surface area contributed by atoms with Gasteiger partial charge in [0.2, 0.25) is 5.91 Å². The van der Waals surface area contributed by atoms with Gasteiger partial charge in [-0.05, 0) is 12.8 Å². The molecule has 8 N–H and O–H groups in total. The number of aliphatic hydroxyl groups excluding tert-OH is 7. The van der Waals surface area contributed by atoms with Crippen molar-refractivity contribution in [2.75, 3.05) is 13.2 Å². The Morgan fingerprint density at radius 2 is 0.915 bits per heavy atom. The van der Waals surface area contributed by atoms with Gasteiger partial charge in [0.15, 0.2) is 6.29 Å². The summed E-state index contributed by atoms with van der Waals surface area (Å²) < 4.78 is 11.1. The van der Waals surface area contributed by atoms with Crippen molar-refractivity contribution in [3.05, 3.63) is 0 Å². The van der Waals surface area contributed by atoms with Gasteiger partial charge in [0.1, 0.15) is 30.5 Å². The first-order chi connectivity index (χ1) is 28.7. The number of carbonyl (C=O) groups excluding carboxylic acids is 1. The van der Waals surface area contributed by atoms with Crippen molar-refractivity contribution in [1.29, 1.82) is 0 Å². The Bertz CT molecular complexity index is 928. The summed E-state index contributed by atoms with van der Waals surface area (Å²) in [6.45, 7) is 3.52. The number of rotatable bonds is 42. The molecular weight excluding hydrogens is 751 g/mol. The molecule has 1 fully saturated rings. The number of nitrogens with one attached hydrogen (secondary N) is 1. The molecule has 352 valence electrons. The largest absolute Gasteiger partial charge is 0.394 e. The molecule has 9 atom stereocenters. The van der Waals surface area contributed by atoms with Crippen molar-refractivity contribution in [2.45, 2.75) is 287 Å². The first-order valence-electron chi connectivity index (χ1n) is 24.9. The van der Waals surface area contributed by atoms with Gasteiger partial charge < -0.3 is 50.5 Å². The Morgan fingerprint density at radius 3 is 1.31 bits per heavy atom. The molecule has 0 bridgehead atoms. The SMILES string of the molecule is CCCCCCCCCCCCCCCCCCCCCC(O)C(=O)NC(COC1OC(CO)C(O)C(O)C1O)C(O)CC(O)CCCCCCCCCCCCCC. The summed E-state index contributed by atoms with van der Waals surface area (Å²) in [6, 6.07) is -1.06. The zero-order valence-corrected chi connectivity index (χ0v) is 38.0. The molecule has 0 aromatic carbocycles. The van der Waals surface area contributed by atoms with E-state index in [4.69, 9.17) is 9.47 Å². The second-order valence-corrected chi connectivity index (χ2v) is 17.9. The molecule has 11 heteroatoms. The van der Waals surface area contributed by atoms with E-state index in [9.17, 15) is 40.5 Å². The van der Waals surface area contributed by atoms with Crippen LogP contribution in [0.5, 0.6) is 0 Å². The van der Waals surface area contributed by atoms with Crippen LogP contribution in [0, 0.1) is 0 Å². The summed E-state index contributed by atoms with van der Waals surface area (Å²) in [7, 11) is 0. The third-order valence-electron chi connectivity index (χ3n) is 12.4. The van der Waals surface area contributed by atoms with E-state index in [1.54, 1.807) is 0 Å². The van der Waals surface area contributed by atoms with Gasteiger partial charge in [-0.25, -0.2) is 0 Å². The maximum Gasteiger partial charge on any atom is 0.249 e. The number of ether oxygens (including phenoxy) is 2. The maximum atomic E-state index is 13.1. The van der Waals surface area contributed by atoms with Crippen molar-refractivity contribution in [2.24, 2.45) is 0 Å². The normalized spacial score (nSPS) is 21.7. The molecule has 0 aromatic rings. The quantitative estimate of drug-likeness (QED) is 0.0276. The smallest absolute Gasteiger partial charge is 0.249 e. The van der Waals surface area contributed by atoms with Crippen molar-refractivity contribution < 1.29 is 50.0 Å². The van der Waals surface area contributed by atoms with Crippen LogP contribution < -0.4 is 5.32 Å². The first-order valence-corrected chi connectivity index (χ1v) is 24.9. The summed E-state index contributed by atoms with van der Waals surface area (Å²) in [5.74, 6) is -0.663. The highest BCUT2D eigenvalue weighted by atomic mass is 16.7. The lowest BCUT2D eigenvalue weighted by Crippen LogP contribution is -2.60. The molecule has 9 unspecified atom stereocenters. The fraction of sp³-hybridized carbons (Fsp3) is 0.979. The van der Waals surface area contributed by atoms with Crippen LogP contribution in [0.4, 0.5) is 0 Å². The van der Waals surface area contributed by atoms with Crippen LogP contribution in [0.25, 0.3) is 0 Å². The number of aliphatic hydroxyl groups is 7. The third kappa shape index (κ3) is 29.2. The van der Waals surface area contributed by atoms with E-state index in [0.717, 1.165) is 38.5 Å². The number of unbranched alkanes of at least 4 members (excludes halogenated alkanes) is 29. The monoisotopic (exact) mass is 846 g/mol. The molecule has 0 spiro atoms. The van der Waals surface area contributed by atoms with Gasteiger partial charge in [0.25, 0.3) is 0 Å². The van der Waals surface area contributed by atoms with Crippen molar-refractivity contribution in [3.63, 3.8) is 0 Å². The highest BCUT2D eigenvalue weighted by Crippen LogP contribution is 2.23. The number of carbonyl (C=O) groups is 1. The lowest BCUT2D eigenvalue weighted by atomic mass is 9.98. The zero-order chi connectivity index (χ0) is 43.4. The Balaban J connectivity index is 2.38. The Kier molecular flexibility index (Phi) is 36.9. The lowest BCUT2D eigenvalue weighted by molar-refractivity contribution is -0.302. The predicted molar refractivity (Wildman–Crippen MR) is 238 cm³/mol. The summed E-state index contributed by atoms with van der Waals surface area (Å²) in [5, 5.41) is 75.6. The Labute approximate surface area is 360 Å². The summed E-state index contributed by atoms with van der Waals surface area (Å²) in [5.41, 5.74) is 0. The highest BCUT2D eigenvalue weighted by molar-refractivity contribution is 5.80. The molecule has 0 aliphatic carbocycles. The molecule has 1 aliphatic heterocycles. The zero-order valence-electron chi connectivity index (χ0n) is 38.0. The number of amides is 1. The second-order valence-electron chi connectivity index (χ2n) is 17.9. The van der Waals surface area contributed by atoms with Crippen LogP contribution in [-0.4, -0.2) is 110 Å². The van der Waals surface area contributed by atoms with Gasteiger partial charge in [-0.15, -0.1) is 0 Å². The maximum absolute atomic E-state index is 13.1.